The zero-order valence-electron chi connectivity index (χ0n) is 15.0. The Morgan fingerprint density at radius 2 is 1.59 bits per heavy atom. The van der Waals surface area contributed by atoms with Gasteiger partial charge in [-0.1, -0.05) is 51.9 Å². The Balaban J connectivity index is 0.00000441. The molecule has 1 rings (SSSR count). The van der Waals surface area contributed by atoms with Crippen molar-refractivity contribution in [3.05, 3.63) is 0 Å². The number of likely N-dealkylation sites (N-methyl/N-ethyl adjacent to an activating group) is 1. The van der Waals surface area contributed by atoms with Gasteiger partial charge in [0, 0.05) is 13.1 Å². The van der Waals surface area contributed by atoms with Crippen molar-refractivity contribution in [2.45, 2.75) is 84.1 Å². The Morgan fingerprint density at radius 3 is 2.18 bits per heavy atom. The monoisotopic (exact) mass is 332 g/mol. The fraction of sp³-hybridized carbons (Fsp3) is 0.944. The third-order valence-corrected chi connectivity index (χ3v) is 4.84. The molecule has 0 bridgehead atoms. The first kappa shape index (κ1) is 21.7. The largest absolute Gasteiger partial charge is 0.342 e. The number of rotatable bonds is 11. The molecule has 1 aliphatic rings. The molecule has 0 aromatic heterocycles. The summed E-state index contributed by atoms with van der Waals surface area (Å²) in [7, 11) is 1.98. The second-order valence-electron chi connectivity index (χ2n) is 6.75. The van der Waals surface area contributed by atoms with E-state index in [9.17, 15) is 4.79 Å². The highest BCUT2D eigenvalue weighted by molar-refractivity contribution is 5.85. The van der Waals surface area contributed by atoms with Crippen LogP contribution in [0.2, 0.25) is 0 Å². The number of carbonyl (C=O) groups is 1. The fourth-order valence-corrected chi connectivity index (χ4v) is 3.08. The van der Waals surface area contributed by atoms with Crippen LogP contribution in [0.1, 0.15) is 78.1 Å². The van der Waals surface area contributed by atoms with Gasteiger partial charge in [-0.2, -0.15) is 0 Å². The zero-order chi connectivity index (χ0) is 15.5. The van der Waals surface area contributed by atoms with Crippen molar-refractivity contribution in [1.82, 2.24) is 9.80 Å². The van der Waals surface area contributed by atoms with Crippen LogP contribution in [0.3, 0.4) is 0 Å². The number of unbranched alkanes of at least 4 members (excludes halogenated alkanes) is 6. The number of nitrogens with zero attached hydrogens (tertiary/aromatic N) is 2. The van der Waals surface area contributed by atoms with Crippen LogP contribution < -0.4 is 0 Å². The molecular formula is C18H37ClN2O. The first-order valence-corrected chi connectivity index (χ1v) is 9.13. The molecule has 0 aromatic rings. The van der Waals surface area contributed by atoms with E-state index in [1.165, 1.54) is 57.8 Å². The van der Waals surface area contributed by atoms with Gasteiger partial charge in [-0.3, -0.25) is 9.69 Å². The number of carbonyl (C=O) groups excluding carboxylic acids is 1. The first-order valence-electron chi connectivity index (χ1n) is 9.13. The van der Waals surface area contributed by atoms with Crippen LogP contribution in [0.25, 0.3) is 0 Å². The molecule has 0 N–H and O–H groups in total. The van der Waals surface area contributed by atoms with Gasteiger partial charge in [0.1, 0.15) is 0 Å². The maximum absolute atomic E-state index is 12.2. The lowest BCUT2D eigenvalue weighted by Gasteiger charge is -2.27. The van der Waals surface area contributed by atoms with Gasteiger partial charge in [-0.15, -0.1) is 12.4 Å². The standard InChI is InChI=1S/C18H36N2O.ClH/c1-4-5-6-7-8-9-10-13-17(2)19(3)18(21)16-20-14-11-12-15-20;/h17H,4-16H2,1-3H3;1H. The molecular weight excluding hydrogens is 296 g/mol. The normalized spacial score (nSPS) is 16.3. The van der Waals surface area contributed by atoms with Crippen LogP contribution in [0.15, 0.2) is 0 Å². The topological polar surface area (TPSA) is 23.6 Å². The van der Waals surface area contributed by atoms with Gasteiger partial charge in [0.15, 0.2) is 0 Å². The van der Waals surface area contributed by atoms with Gasteiger partial charge >= 0.3 is 0 Å². The first-order chi connectivity index (χ1) is 10.1. The zero-order valence-corrected chi connectivity index (χ0v) is 15.8. The Labute approximate surface area is 144 Å². The van der Waals surface area contributed by atoms with E-state index in [0.717, 1.165) is 19.5 Å². The predicted molar refractivity (Wildman–Crippen MR) is 97.8 cm³/mol. The minimum atomic E-state index is 0. The summed E-state index contributed by atoms with van der Waals surface area (Å²) >= 11 is 0. The number of hydrogen-bond acceptors (Lipinski definition) is 2. The highest BCUT2D eigenvalue weighted by Gasteiger charge is 2.20. The van der Waals surface area contributed by atoms with Gasteiger partial charge in [0.25, 0.3) is 0 Å². The van der Waals surface area contributed by atoms with Gasteiger partial charge in [-0.25, -0.2) is 0 Å². The van der Waals surface area contributed by atoms with Crippen molar-refractivity contribution in [1.29, 1.82) is 0 Å². The van der Waals surface area contributed by atoms with Gasteiger partial charge < -0.3 is 4.90 Å². The molecule has 1 unspecified atom stereocenters. The quantitative estimate of drug-likeness (QED) is 0.520. The van der Waals surface area contributed by atoms with Crippen molar-refractivity contribution < 1.29 is 4.79 Å². The predicted octanol–water partition coefficient (Wildman–Crippen LogP) is 4.49. The SMILES string of the molecule is CCCCCCCCCC(C)N(C)C(=O)CN1CCCC1.Cl. The lowest BCUT2D eigenvalue weighted by Crippen LogP contribution is -2.41. The molecule has 0 radical (unpaired) electrons. The van der Waals surface area contributed by atoms with Crippen molar-refractivity contribution in [3.8, 4) is 0 Å². The molecule has 1 fully saturated rings. The van der Waals surface area contributed by atoms with E-state index >= 15 is 0 Å². The molecule has 1 atom stereocenters. The van der Waals surface area contributed by atoms with Crippen LogP contribution >= 0.6 is 12.4 Å². The Bertz CT molecular complexity index is 280. The highest BCUT2D eigenvalue weighted by atomic mass is 35.5. The Morgan fingerprint density at radius 1 is 1.05 bits per heavy atom. The molecule has 1 amide bonds. The van der Waals surface area contributed by atoms with E-state index in [-0.39, 0.29) is 12.4 Å². The molecule has 1 heterocycles. The summed E-state index contributed by atoms with van der Waals surface area (Å²) in [6.45, 7) is 7.28. The molecule has 3 nitrogen and oxygen atoms in total. The van der Waals surface area contributed by atoms with E-state index in [2.05, 4.69) is 18.7 Å². The van der Waals surface area contributed by atoms with Gasteiger partial charge in [0.05, 0.1) is 6.54 Å². The summed E-state index contributed by atoms with van der Waals surface area (Å²) < 4.78 is 0. The minimum Gasteiger partial charge on any atom is -0.342 e. The number of halogens is 1. The molecule has 1 aliphatic heterocycles. The van der Waals surface area contributed by atoms with Gasteiger partial charge in [0.2, 0.25) is 5.91 Å². The maximum atomic E-state index is 12.2. The number of likely N-dealkylation sites (tertiary alicyclic amines) is 1. The van der Waals surface area contributed by atoms with Gasteiger partial charge in [-0.05, 0) is 39.3 Å². The molecule has 0 aromatic carbocycles. The highest BCUT2D eigenvalue weighted by Crippen LogP contribution is 2.13. The lowest BCUT2D eigenvalue weighted by molar-refractivity contribution is -0.132. The minimum absolute atomic E-state index is 0. The third-order valence-electron chi connectivity index (χ3n) is 4.84. The van der Waals surface area contributed by atoms with Crippen molar-refractivity contribution in [2.75, 3.05) is 26.7 Å². The Kier molecular flexibility index (Phi) is 13.0. The second-order valence-corrected chi connectivity index (χ2v) is 6.75. The second kappa shape index (κ2) is 13.2. The average molecular weight is 333 g/mol. The lowest BCUT2D eigenvalue weighted by atomic mass is 10.1. The summed E-state index contributed by atoms with van der Waals surface area (Å²) in [5.41, 5.74) is 0. The van der Waals surface area contributed by atoms with Crippen LogP contribution in [0.5, 0.6) is 0 Å². The third kappa shape index (κ3) is 8.99. The molecule has 132 valence electrons. The summed E-state index contributed by atoms with van der Waals surface area (Å²) in [6, 6.07) is 0.385. The van der Waals surface area contributed by atoms with Crippen LogP contribution in [0.4, 0.5) is 0 Å². The molecule has 22 heavy (non-hydrogen) atoms. The van der Waals surface area contributed by atoms with E-state index < -0.39 is 0 Å². The fourth-order valence-electron chi connectivity index (χ4n) is 3.08. The number of amides is 1. The maximum Gasteiger partial charge on any atom is 0.236 e. The van der Waals surface area contributed by atoms with E-state index in [4.69, 9.17) is 0 Å². The van der Waals surface area contributed by atoms with E-state index in [1.807, 2.05) is 11.9 Å². The molecule has 0 spiro atoms. The average Bonchev–Trinajstić information content (AvgIpc) is 2.98. The summed E-state index contributed by atoms with van der Waals surface area (Å²) in [4.78, 5) is 16.5. The van der Waals surface area contributed by atoms with Crippen LogP contribution in [-0.4, -0.2) is 48.4 Å². The van der Waals surface area contributed by atoms with E-state index in [0.29, 0.717) is 18.5 Å². The van der Waals surface area contributed by atoms with Crippen LogP contribution in [-0.2, 0) is 4.79 Å². The number of hydrogen-bond donors (Lipinski definition) is 0. The van der Waals surface area contributed by atoms with E-state index in [1.54, 1.807) is 0 Å². The van der Waals surface area contributed by atoms with Crippen LogP contribution in [0, 0.1) is 0 Å². The molecule has 0 saturated carbocycles. The molecule has 4 heteroatoms. The Hall–Kier alpha value is -0.280. The smallest absolute Gasteiger partial charge is 0.236 e. The van der Waals surface area contributed by atoms with Crippen molar-refractivity contribution in [2.24, 2.45) is 0 Å². The van der Waals surface area contributed by atoms with Crippen molar-refractivity contribution >= 4 is 18.3 Å². The molecule has 1 saturated heterocycles. The summed E-state index contributed by atoms with van der Waals surface area (Å²) in [5.74, 6) is 0.298. The summed E-state index contributed by atoms with van der Waals surface area (Å²) in [5, 5.41) is 0. The van der Waals surface area contributed by atoms with Crippen molar-refractivity contribution in [3.63, 3.8) is 0 Å². The molecule has 0 aliphatic carbocycles. The summed E-state index contributed by atoms with van der Waals surface area (Å²) in [6.07, 6.45) is 13.1.